The van der Waals surface area contributed by atoms with Gasteiger partial charge in [-0.3, -0.25) is 4.72 Å². The van der Waals surface area contributed by atoms with E-state index < -0.39 is 10.2 Å². The van der Waals surface area contributed by atoms with Crippen molar-refractivity contribution in [1.82, 2.24) is 4.31 Å². The Morgan fingerprint density at radius 3 is 2.29 bits per heavy atom. The maximum Gasteiger partial charge on any atom is 0.301 e. The topological polar surface area (TPSA) is 69.6 Å². The zero-order valence-corrected chi connectivity index (χ0v) is 14.1. The van der Waals surface area contributed by atoms with Crippen LogP contribution in [0.4, 0.5) is 5.69 Å². The minimum Gasteiger partial charge on any atom is -0.396 e. The number of halogens is 3. The van der Waals surface area contributed by atoms with Crippen LogP contribution in [0.1, 0.15) is 12.8 Å². The maximum atomic E-state index is 12.3. The summed E-state index contributed by atoms with van der Waals surface area (Å²) in [6.07, 6.45) is 1.26. The first kappa shape index (κ1) is 17.1. The Morgan fingerprint density at radius 2 is 1.71 bits per heavy atom. The minimum absolute atomic E-state index is 0.0833. The van der Waals surface area contributed by atoms with E-state index >= 15 is 0 Å². The number of aliphatic hydroxyl groups excluding tert-OH is 1. The Labute approximate surface area is 139 Å². The van der Waals surface area contributed by atoms with Gasteiger partial charge >= 0.3 is 10.2 Å². The summed E-state index contributed by atoms with van der Waals surface area (Å²) in [6.45, 7) is 0.805. The summed E-state index contributed by atoms with van der Waals surface area (Å²) >= 11 is 17.7. The zero-order chi connectivity index (χ0) is 15.6. The van der Waals surface area contributed by atoms with E-state index in [4.69, 9.17) is 39.9 Å². The monoisotopic (exact) mass is 372 g/mol. The molecule has 2 rings (SSSR count). The second-order valence-corrected chi connectivity index (χ2v) is 7.77. The highest BCUT2D eigenvalue weighted by Crippen LogP contribution is 2.33. The van der Waals surface area contributed by atoms with E-state index in [9.17, 15) is 8.42 Å². The molecule has 0 spiro atoms. The van der Waals surface area contributed by atoms with Gasteiger partial charge < -0.3 is 5.11 Å². The summed E-state index contributed by atoms with van der Waals surface area (Å²) in [4.78, 5) is 0. The quantitative estimate of drug-likeness (QED) is 0.797. The third kappa shape index (κ3) is 4.15. The lowest BCUT2D eigenvalue weighted by molar-refractivity contribution is 0.170. The third-order valence-corrected chi connectivity index (χ3v) is 5.98. The largest absolute Gasteiger partial charge is 0.396 e. The number of hydrogen-bond donors (Lipinski definition) is 2. The molecular formula is C12H15Cl3N2O3S. The van der Waals surface area contributed by atoms with Gasteiger partial charge in [0.15, 0.2) is 0 Å². The molecule has 0 unspecified atom stereocenters. The van der Waals surface area contributed by atoms with E-state index in [1.54, 1.807) is 0 Å². The third-order valence-electron chi connectivity index (χ3n) is 3.42. The lowest BCUT2D eigenvalue weighted by Crippen LogP contribution is -2.42. The first-order valence-electron chi connectivity index (χ1n) is 6.37. The van der Waals surface area contributed by atoms with Crippen LogP contribution in [0, 0.1) is 5.92 Å². The predicted molar refractivity (Wildman–Crippen MR) is 85.4 cm³/mol. The molecule has 1 saturated heterocycles. The molecule has 118 valence electrons. The molecule has 1 fully saturated rings. The Kier molecular flexibility index (Phi) is 5.62. The highest BCUT2D eigenvalue weighted by molar-refractivity contribution is 7.90. The normalized spacial score (nSPS) is 17.9. The molecule has 0 saturated carbocycles. The fourth-order valence-corrected chi connectivity index (χ4v) is 4.05. The van der Waals surface area contributed by atoms with Gasteiger partial charge in [0.2, 0.25) is 0 Å². The van der Waals surface area contributed by atoms with Crippen molar-refractivity contribution in [3.8, 4) is 0 Å². The molecule has 9 heteroatoms. The van der Waals surface area contributed by atoms with E-state index in [1.807, 2.05) is 0 Å². The van der Waals surface area contributed by atoms with Gasteiger partial charge in [-0.15, -0.1) is 0 Å². The fourth-order valence-electron chi connectivity index (χ4n) is 2.14. The second kappa shape index (κ2) is 6.89. The van der Waals surface area contributed by atoms with Gasteiger partial charge in [0.05, 0.1) is 20.8 Å². The molecule has 1 aromatic rings. The summed E-state index contributed by atoms with van der Waals surface area (Å²) in [7, 11) is -3.70. The van der Waals surface area contributed by atoms with Crippen LogP contribution in [-0.4, -0.2) is 37.5 Å². The highest BCUT2D eigenvalue weighted by atomic mass is 35.5. The van der Waals surface area contributed by atoms with Gasteiger partial charge in [-0.2, -0.15) is 12.7 Å². The molecule has 1 aromatic carbocycles. The van der Waals surface area contributed by atoms with E-state index in [1.165, 1.54) is 16.4 Å². The molecule has 0 atom stereocenters. The lowest BCUT2D eigenvalue weighted by Gasteiger charge is -2.30. The van der Waals surface area contributed by atoms with Gasteiger partial charge in [0.1, 0.15) is 0 Å². The zero-order valence-electron chi connectivity index (χ0n) is 11.0. The Bertz CT molecular complexity index is 616. The summed E-state index contributed by atoms with van der Waals surface area (Å²) in [5, 5.41) is 9.74. The molecule has 0 bridgehead atoms. The number of benzene rings is 1. The SMILES string of the molecule is O=S(=O)(Nc1cc(Cl)c(Cl)cc1Cl)N1CCC(CO)CC1. The highest BCUT2D eigenvalue weighted by Gasteiger charge is 2.28. The average Bonchev–Trinajstić information content (AvgIpc) is 2.44. The van der Waals surface area contributed by atoms with Crippen LogP contribution in [-0.2, 0) is 10.2 Å². The number of anilines is 1. The summed E-state index contributed by atoms with van der Waals surface area (Å²) in [5.74, 6) is 0.157. The number of nitrogens with one attached hydrogen (secondary N) is 1. The van der Waals surface area contributed by atoms with Gasteiger partial charge in [-0.25, -0.2) is 0 Å². The van der Waals surface area contributed by atoms with Crippen molar-refractivity contribution in [2.45, 2.75) is 12.8 Å². The summed E-state index contributed by atoms with van der Waals surface area (Å²) < 4.78 is 28.4. The molecule has 1 heterocycles. The molecule has 1 aliphatic rings. The first-order chi connectivity index (χ1) is 9.83. The number of piperidine rings is 1. The van der Waals surface area contributed by atoms with E-state index in [0.29, 0.717) is 25.9 Å². The first-order valence-corrected chi connectivity index (χ1v) is 8.94. The second-order valence-electron chi connectivity index (χ2n) is 4.88. The van der Waals surface area contributed by atoms with Crippen LogP contribution in [0.5, 0.6) is 0 Å². The molecule has 1 aliphatic heterocycles. The van der Waals surface area contributed by atoms with Crippen LogP contribution in [0.25, 0.3) is 0 Å². The van der Waals surface area contributed by atoms with Gasteiger partial charge in [0, 0.05) is 19.7 Å². The lowest BCUT2D eigenvalue weighted by atomic mass is 10.00. The molecule has 0 radical (unpaired) electrons. The number of nitrogens with zero attached hydrogens (tertiary/aromatic N) is 1. The average molecular weight is 374 g/mol. The molecule has 5 nitrogen and oxygen atoms in total. The van der Waals surface area contributed by atoms with Crippen LogP contribution < -0.4 is 4.72 Å². The van der Waals surface area contributed by atoms with Crippen molar-refractivity contribution in [2.24, 2.45) is 5.92 Å². The maximum absolute atomic E-state index is 12.3. The summed E-state index contributed by atoms with van der Waals surface area (Å²) in [6, 6.07) is 2.77. The molecular weight excluding hydrogens is 359 g/mol. The molecule has 2 N–H and O–H groups in total. The van der Waals surface area contributed by atoms with Gasteiger partial charge in [0.25, 0.3) is 0 Å². The van der Waals surface area contributed by atoms with Crippen molar-refractivity contribution in [1.29, 1.82) is 0 Å². The molecule has 0 amide bonds. The van der Waals surface area contributed by atoms with Gasteiger partial charge in [-0.05, 0) is 30.9 Å². The van der Waals surface area contributed by atoms with Crippen molar-refractivity contribution >= 4 is 50.7 Å². The van der Waals surface area contributed by atoms with Crippen LogP contribution in [0.15, 0.2) is 12.1 Å². The Hall–Kier alpha value is -0.240. The number of aliphatic hydroxyl groups is 1. The molecule has 0 aromatic heterocycles. The van der Waals surface area contributed by atoms with E-state index in [0.717, 1.165) is 0 Å². The van der Waals surface area contributed by atoms with Crippen LogP contribution >= 0.6 is 34.8 Å². The van der Waals surface area contributed by atoms with E-state index in [2.05, 4.69) is 4.72 Å². The smallest absolute Gasteiger partial charge is 0.301 e. The molecule has 0 aliphatic carbocycles. The van der Waals surface area contributed by atoms with Crippen molar-refractivity contribution < 1.29 is 13.5 Å². The minimum atomic E-state index is -3.70. The summed E-state index contributed by atoms with van der Waals surface area (Å²) in [5.41, 5.74) is 0.190. The van der Waals surface area contributed by atoms with Crippen molar-refractivity contribution in [3.63, 3.8) is 0 Å². The van der Waals surface area contributed by atoms with Gasteiger partial charge in [-0.1, -0.05) is 34.8 Å². The predicted octanol–water partition coefficient (Wildman–Crippen LogP) is 3.01. The standard InChI is InChI=1S/C12H15Cl3N2O3S/c13-9-5-11(15)12(6-10(9)14)16-21(19,20)17-3-1-8(7-18)2-4-17/h5-6,8,16,18H,1-4,7H2. The van der Waals surface area contributed by atoms with Crippen LogP contribution in [0.3, 0.4) is 0 Å². The Balaban J connectivity index is 2.13. The number of rotatable bonds is 4. The van der Waals surface area contributed by atoms with Crippen molar-refractivity contribution in [2.75, 3.05) is 24.4 Å². The van der Waals surface area contributed by atoms with Crippen molar-refractivity contribution in [3.05, 3.63) is 27.2 Å². The number of hydrogen-bond acceptors (Lipinski definition) is 3. The molecule has 21 heavy (non-hydrogen) atoms. The van der Waals surface area contributed by atoms with E-state index in [-0.39, 0.29) is 33.3 Å². The van der Waals surface area contributed by atoms with Crippen LogP contribution in [0.2, 0.25) is 15.1 Å². The fraction of sp³-hybridized carbons (Fsp3) is 0.500. The Morgan fingerprint density at radius 1 is 1.14 bits per heavy atom.